The number of benzene rings is 1. The predicted octanol–water partition coefficient (Wildman–Crippen LogP) is 2.50. The van der Waals surface area contributed by atoms with E-state index in [0.29, 0.717) is 30.1 Å². The number of carbonyl (C=O) groups is 2. The molecule has 2 N–H and O–H groups in total. The molecule has 1 aliphatic heterocycles. The summed E-state index contributed by atoms with van der Waals surface area (Å²) in [5, 5.41) is 11.4. The van der Waals surface area contributed by atoms with Crippen LogP contribution in [0.5, 0.6) is 0 Å². The summed E-state index contributed by atoms with van der Waals surface area (Å²) >= 11 is 0. The minimum Gasteiger partial charge on any atom is -0.472 e. The quantitative estimate of drug-likeness (QED) is 0.744. The number of aryl methyl sites for hydroxylation is 1. The largest absolute Gasteiger partial charge is 0.472 e. The molecule has 3 heterocycles. The van der Waals surface area contributed by atoms with Crippen molar-refractivity contribution < 1.29 is 14.0 Å². The van der Waals surface area contributed by atoms with Gasteiger partial charge in [-0.25, -0.2) is 0 Å². The summed E-state index contributed by atoms with van der Waals surface area (Å²) in [6.07, 6.45) is 4.87. The van der Waals surface area contributed by atoms with Crippen molar-refractivity contribution in [2.24, 2.45) is 5.92 Å². The van der Waals surface area contributed by atoms with Crippen molar-refractivity contribution in [2.75, 3.05) is 13.1 Å². The van der Waals surface area contributed by atoms with Crippen LogP contribution in [0.25, 0.3) is 10.9 Å². The van der Waals surface area contributed by atoms with Gasteiger partial charge >= 0.3 is 0 Å². The molecule has 2 aromatic heterocycles. The SMILES string of the molecule is Cc1[nH]nc2cc(C(=O)N3CC(C4(NC(=O)c5ccoc5)CC4)C3)ccc12. The van der Waals surface area contributed by atoms with Crippen molar-refractivity contribution in [3.05, 3.63) is 53.6 Å². The Morgan fingerprint density at radius 2 is 2.07 bits per heavy atom. The number of nitrogens with zero attached hydrogens (tertiary/aromatic N) is 2. The lowest BCUT2D eigenvalue weighted by Gasteiger charge is -2.44. The second-order valence-electron chi connectivity index (χ2n) is 7.61. The molecule has 138 valence electrons. The molecule has 27 heavy (non-hydrogen) atoms. The van der Waals surface area contributed by atoms with Crippen LogP contribution in [0.1, 0.15) is 39.3 Å². The van der Waals surface area contributed by atoms with Crippen LogP contribution in [0, 0.1) is 12.8 Å². The predicted molar refractivity (Wildman–Crippen MR) is 98.4 cm³/mol. The third kappa shape index (κ3) is 2.61. The van der Waals surface area contributed by atoms with Crippen LogP contribution in [0.2, 0.25) is 0 Å². The molecule has 7 heteroatoms. The highest BCUT2D eigenvalue weighted by Gasteiger charge is 2.55. The molecule has 1 saturated carbocycles. The fourth-order valence-corrected chi connectivity index (χ4v) is 3.92. The van der Waals surface area contributed by atoms with E-state index in [1.54, 1.807) is 6.07 Å². The molecule has 0 unspecified atom stereocenters. The van der Waals surface area contributed by atoms with Gasteiger partial charge in [0.2, 0.25) is 0 Å². The monoisotopic (exact) mass is 364 g/mol. The topological polar surface area (TPSA) is 91.2 Å². The smallest absolute Gasteiger partial charge is 0.254 e. The summed E-state index contributed by atoms with van der Waals surface area (Å²) in [7, 11) is 0. The summed E-state index contributed by atoms with van der Waals surface area (Å²) in [5.41, 5.74) is 2.82. The van der Waals surface area contributed by atoms with Gasteiger partial charge in [-0.3, -0.25) is 14.7 Å². The molecule has 1 aliphatic carbocycles. The summed E-state index contributed by atoms with van der Waals surface area (Å²) < 4.78 is 4.98. The summed E-state index contributed by atoms with van der Waals surface area (Å²) in [6.45, 7) is 3.30. The zero-order chi connectivity index (χ0) is 18.6. The number of nitrogens with one attached hydrogen (secondary N) is 2. The summed E-state index contributed by atoms with van der Waals surface area (Å²) in [6, 6.07) is 7.29. The van der Waals surface area contributed by atoms with Gasteiger partial charge in [0.1, 0.15) is 6.26 Å². The fourth-order valence-electron chi connectivity index (χ4n) is 3.92. The van der Waals surface area contributed by atoms with Gasteiger partial charge in [-0.15, -0.1) is 0 Å². The highest BCUT2D eigenvalue weighted by Crippen LogP contribution is 2.46. The van der Waals surface area contributed by atoms with E-state index in [1.165, 1.54) is 12.5 Å². The van der Waals surface area contributed by atoms with E-state index in [0.717, 1.165) is 29.4 Å². The number of hydrogen-bond acceptors (Lipinski definition) is 4. The maximum absolute atomic E-state index is 12.8. The second kappa shape index (κ2) is 5.70. The molecule has 1 saturated heterocycles. The maximum Gasteiger partial charge on any atom is 0.254 e. The number of rotatable bonds is 4. The van der Waals surface area contributed by atoms with Crippen molar-refractivity contribution in [3.63, 3.8) is 0 Å². The fraction of sp³-hybridized carbons (Fsp3) is 0.350. The number of fused-ring (bicyclic) bond motifs is 1. The van der Waals surface area contributed by atoms with Crippen LogP contribution < -0.4 is 5.32 Å². The molecule has 2 fully saturated rings. The van der Waals surface area contributed by atoms with Gasteiger partial charge < -0.3 is 14.6 Å². The molecule has 0 radical (unpaired) electrons. The first kappa shape index (κ1) is 16.1. The summed E-state index contributed by atoms with van der Waals surface area (Å²) in [5.74, 6) is 0.213. The van der Waals surface area contributed by atoms with Crippen LogP contribution in [0.15, 0.2) is 41.2 Å². The third-order valence-corrected chi connectivity index (χ3v) is 5.88. The Morgan fingerprint density at radius 3 is 2.78 bits per heavy atom. The number of hydrogen-bond donors (Lipinski definition) is 2. The first-order valence-electron chi connectivity index (χ1n) is 9.14. The Labute approximate surface area is 155 Å². The maximum atomic E-state index is 12.8. The van der Waals surface area contributed by atoms with Gasteiger partial charge in [0.25, 0.3) is 11.8 Å². The number of amides is 2. The number of carbonyl (C=O) groups excluding carboxylic acids is 2. The van der Waals surface area contributed by atoms with Crippen molar-refractivity contribution in [1.82, 2.24) is 20.4 Å². The normalized spacial score (nSPS) is 18.3. The highest BCUT2D eigenvalue weighted by atomic mass is 16.3. The average Bonchev–Trinajstić information content (AvgIpc) is 3.06. The Hall–Kier alpha value is -3.09. The van der Waals surface area contributed by atoms with E-state index in [1.807, 2.05) is 30.0 Å². The molecule has 0 spiro atoms. The number of furan rings is 1. The Balaban J connectivity index is 1.24. The lowest BCUT2D eigenvalue weighted by Crippen LogP contribution is -2.59. The molecular formula is C20H20N4O3. The second-order valence-corrected chi connectivity index (χ2v) is 7.61. The Bertz CT molecular complexity index is 1030. The summed E-state index contributed by atoms with van der Waals surface area (Å²) in [4.78, 5) is 26.9. The molecule has 7 nitrogen and oxygen atoms in total. The third-order valence-electron chi connectivity index (χ3n) is 5.88. The number of aromatic amines is 1. The minimum absolute atomic E-state index is 0.0192. The van der Waals surface area contributed by atoms with Gasteiger partial charge in [0.15, 0.2) is 0 Å². The highest BCUT2D eigenvalue weighted by molar-refractivity contribution is 5.98. The van der Waals surface area contributed by atoms with Crippen molar-refractivity contribution in [3.8, 4) is 0 Å². The van der Waals surface area contributed by atoms with Crippen LogP contribution in [-0.4, -0.2) is 45.5 Å². The minimum atomic E-state index is -0.172. The number of likely N-dealkylation sites (tertiary alicyclic amines) is 1. The first-order valence-corrected chi connectivity index (χ1v) is 9.14. The van der Waals surface area contributed by atoms with Gasteiger partial charge in [-0.2, -0.15) is 5.10 Å². The van der Waals surface area contributed by atoms with Gasteiger partial charge in [0.05, 0.1) is 17.3 Å². The first-order chi connectivity index (χ1) is 13.1. The Kier molecular flexibility index (Phi) is 3.40. The molecule has 5 rings (SSSR count). The Morgan fingerprint density at radius 1 is 1.26 bits per heavy atom. The van der Waals surface area contributed by atoms with Crippen LogP contribution >= 0.6 is 0 Å². The van der Waals surface area contributed by atoms with Gasteiger partial charge in [-0.05, 0) is 38.0 Å². The van der Waals surface area contributed by atoms with E-state index in [4.69, 9.17) is 4.42 Å². The van der Waals surface area contributed by atoms with E-state index in [9.17, 15) is 9.59 Å². The van der Waals surface area contributed by atoms with Crippen molar-refractivity contribution in [2.45, 2.75) is 25.3 Å². The van der Waals surface area contributed by atoms with Crippen molar-refractivity contribution >= 4 is 22.7 Å². The molecule has 3 aromatic rings. The van der Waals surface area contributed by atoms with E-state index in [2.05, 4.69) is 15.5 Å². The van der Waals surface area contributed by atoms with Crippen LogP contribution in [0.4, 0.5) is 0 Å². The molecule has 2 aliphatic rings. The van der Waals surface area contributed by atoms with E-state index >= 15 is 0 Å². The number of H-pyrrole nitrogens is 1. The molecule has 0 atom stereocenters. The lowest BCUT2D eigenvalue weighted by atomic mass is 9.88. The zero-order valence-electron chi connectivity index (χ0n) is 15.0. The molecule has 1 aromatic carbocycles. The van der Waals surface area contributed by atoms with Crippen LogP contribution in [0.3, 0.4) is 0 Å². The van der Waals surface area contributed by atoms with Crippen LogP contribution in [-0.2, 0) is 0 Å². The standard InChI is InChI=1S/C20H20N4O3/c1-12-16-3-2-13(8-17(16)23-22-12)19(26)24-9-15(10-24)20(5-6-20)21-18(25)14-4-7-27-11-14/h2-4,7-8,11,15H,5-6,9-10H2,1H3,(H,21,25)(H,22,23). The van der Waals surface area contributed by atoms with Crippen molar-refractivity contribution in [1.29, 1.82) is 0 Å². The van der Waals surface area contributed by atoms with E-state index in [-0.39, 0.29) is 17.4 Å². The molecule has 2 amide bonds. The number of aromatic nitrogens is 2. The molecular weight excluding hydrogens is 344 g/mol. The average molecular weight is 364 g/mol. The van der Waals surface area contributed by atoms with Gasteiger partial charge in [0, 0.05) is 41.2 Å². The van der Waals surface area contributed by atoms with E-state index < -0.39 is 0 Å². The van der Waals surface area contributed by atoms with Gasteiger partial charge in [-0.1, -0.05) is 6.07 Å². The zero-order valence-corrected chi connectivity index (χ0v) is 15.0. The molecule has 0 bridgehead atoms. The lowest BCUT2D eigenvalue weighted by molar-refractivity contribution is 0.0384.